The minimum Gasteiger partial charge on any atom is -0.395 e. The van der Waals surface area contributed by atoms with E-state index in [4.69, 9.17) is 0 Å². The summed E-state index contributed by atoms with van der Waals surface area (Å²) in [7, 11) is 0. The van der Waals surface area contributed by atoms with Gasteiger partial charge in [-0.2, -0.15) is 0 Å². The molecule has 2 nitrogen and oxygen atoms in total. The molecule has 1 saturated heterocycles. The van der Waals surface area contributed by atoms with Crippen LogP contribution >= 0.6 is 15.9 Å². The normalized spacial score (nSPS) is 34.0. The van der Waals surface area contributed by atoms with Crippen LogP contribution in [0.2, 0.25) is 0 Å². The molecule has 152 valence electrons. The Kier molecular flexibility index (Phi) is 4.97. The van der Waals surface area contributed by atoms with Crippen molar-refractivity contribution in [3.05, 3.63) is 75.8 Å². The summed E-state index contributed by atoms with van der Waals surface area (Å²) in [6, 6.07) is 18.1. The van der Waals surface area contributed by atoms with Crippen LogP contribution in [0, 0.1) is 5.92 Å². The number of hydrogen-bond acceptors (Lipinski definition) is 2. The van der Waals surface area contributed by atoms with Crippen molar-refractivity contribution in [2.45, 2.75) is 49.5 Å². The van der Waals surface area contributed by atoms with Crippen LogP contribution in [0.15, 0.2) is 59.1 Å². The third kappa shape index (κ3) is 3.13. The van der Waals surface area contributed by atoms with Gasteiger partial charge in [-0.15, -0.1) is 0 Å². The summed E-state index contributed by atoms with van der Waals surface area (Å²) in [4.78, 5) is 2.72. The van der Waals surface area contributed by atoms with E-state index in [1.807, 2.05) is 0 Å². The van der Waals surface area contributed by atoms with Crippen molar-refractivity contribution in [2.24, 2.45) is 5.92 Å². The fourth-order valence-corrected chi connectivity index (χ4v) is 6.53. The molecule has 1 saturated carbocycles. The van der Waals surface area contributed by atoms with Crippen molar-refractivity contribution >= 4 is 22.0 Å². The van der Waals surface area contributed by atoms with E-state index in [1.165, 1.54) is 29.5 Å². The number of likely N-dealkylation sites (tertiary alicyclic amines) is 1. The average Bonchev–Trinajstić information content (AvgIpc) is 3.35. The third-order valence-corrected chi connectivity index (χ3v) is 8.61. The summed E-state index contributed by atoms with van der Waals surface area (Å²) < 4.78 is 1.10. The molecule has 2 aromatic rings. The van der Waals surface area contributed by atoms with Gasteiger partial charge in [0, 0.05) is 27.9 Å². The SMILES string of the molecule is C[C@H]1CN(C2CCC(CO)(c3ccc(Br)cc3)C2)CCC12C=Cc1ccccc12. The molecule has 3 unspecified atom stereocenters. The molecule has 0 radical (unpaired) electrons. The maximum absolute atomic E-state index is 10.3. The van der Waals surface area contributed by atoms with Gasteiger partial charge in [-0.1, -0.05) is 71.4 Å². The molecule has 5 rings (SSSR count). The lowest BCUT2D eigenvalue weighted by molar-refractivity contribution is 0.0839. The summed E-state index contributed by atoms with van der Waals surface area (Å²) in [5.41, 5.74) is 4.36. The van der Waals surface area contributed by atoms with Crippen molar-refractivity contribution in [2.75, 3.05) is 19.7 Å². The molecule has 0 aromatic heterocycles. The maximum atomic E-state index is 10.3. The van der Waals surface area contributed by atoms with Gasteiger partial charge in [0.25, 0.3) is 0 Å². The molecule has 1 aliphatic heterocycles. The van der Waals surface area contributed by atoms with Crippen LogP contribution in [0.3, 0.4) is 0 Å². The minimum atomic E-state index is -0.0798. The van der Waals surface area contributed by atoms with E-state index >= 15 is 0 Å². The van der Waals surface area contributed by atoms with Gasteiger partial charge in [-0.25, -0.2) is 0 Å². The van der Waals surface area contributed by atoms with Crippen molar-refractivity contribution in [3.63, 3.8) is 0 Å². The molecule has 2 fully saturated rings. The van der Waals surface area contributed by atoms with E-state index in [1.54, 1.807) is 0 Å². The lowest BCUT2D eigenvalue weighted by Gasteiger charge is -2.46. The number of rotatable bonds is 3. The molecule has 0 bridgehead atoms. The van der Waals surface area contributed by atoms with Crippen molar-refractivity contribution in [3.8, 4) is 0 Å². The van der Waals surface area contributed by atoms with Gasteiger partial charge in [-0.3, -0.25) is 0 Å². The number of benzene rings is 2. The smallest absolute Gasteiger partial charge is 0.0528 e. The number of nitrogens with zero attached hydrogens (tertiary/aromatic N) is 1. The highest BCUT2D eigenvalue weighted by Gasteiger charge is 2.47. The average molecular weight is 452 g/mol. The van der Waals surface area contributed by atoms with E-state index in [2.05, 4.69) is 88.4 Å². The molecule has 1 heterocycles. The Morgan fingerprint density at radius 1 is 1.10 bits per heavy atom. The Morgan fingerprint density at radius 2 is 1.90 bits per heavy atom. The number of piperidine rings is 1. The van der Waals surface area contributed by atoms with Crippen molar-refractivity contribution < 1.29 is 5.11 Å². The van der Waals surface area contributed by atoms with Crippen LogP contribution in [0.5, 0.6) is 0 Å². The van der Waals surface area contributed by atoms with Gasteiger partial charge >= 0.3 is 0 Å². The number of fused-ring (bicyclic) bond motifs is 2. The van der Waals surface area contributed by atoms with Crippen LogP contribution in [0.1, 0.15) is 49.3 Å². The molecule has 3 heteroatoms. The Labute approximate surface area is 182 Å². The lowest BCUT2D eigenvalue weighted by Crippen LogP contribution is -2.50. The largest absolute Gasteiger partial charge is 0.395 e. The standard InChI is InChI=1S/C26H30BrNO/c1-19-17-28(15-14-26(19)13-10-20-4-2-3-5-24(20)26)23-11-12-25(16-23,18-29)21-6-8-22(27)9-7-21/h2-10,13,19,23,29H,11-12,14-18H2,1H3/t19-,23?,25?,26?/m0/s1. The second-order valence-corrected chi connectivity index (χ2v) is 10.4. The first-order valence-electron chi connectivity index (χ1n) is 11.0. The Hall–Kier alpha value is -1.42. The first-order valence-corrected chi connectivity index (χ1v) is 11.8. The van der Waals surface area contributed by atoms with Crippen LogP contribution < -0.4 is 0 Å². The second-order valence-electron chi connectivity index (χ2n) is 9.45. The van der Waals surface area contributed by atoms with Crippen LogP contribution in [0.4, 0.5) is 0 Å². The first-order chi connectivity index (χ1) is 14.1. The fraction of sp³-hybridized carbons (Fsp3) is 0.462. The fourth-order valence-electron chi connectivity index (χ4n) is 6.27. The van der Waals surface area contributed by atoms with Gasteiger partial charge in [0.05, 0.1) is 6.61 Å². The van der Waals surface area contributed by atoms with Gasteiger partial charge in [0.15, 0.2) is 0 Å². The summed E-state index contributed by atoms with van der Waals surface area (Å²) in [6.45, 7) is 4.97. The quantitative estimate of drug-likeness (QED) is 0.661. The van der Waals surface area contributed by atoms with Crippen LogP contribution in [-0.4, -0.2) is 35.7 Å². The summed E-state index contributed by atoms with van der Waals surface area (Å²) in [6.07, 6.45) is 9.34. The van der Waals surface area contributed by atoms with Gasteiger partial charge < -0.3 is 10.0 Å². The van der Waals surface area contributed by atoms with Gasteiger partial charge in [0.2, 0.25) is 0 Å². The van der Waals surface area contributed by atoms with Gasteiger partial charge in [-0.05, 0) is 67.0 Å². The molecule has 2 aliphatic carbocycles. The monoisotopic (exact) mass is 451 g/mol. The number of aliphatic hydroxyl groups excluding tert-OH is 1. The van der Waals surface area contributed by atoms with E-state index in [-0.39, 0.29) is 17.4 Å². The van der Waals surface area contributed by atoms with E-state index in [0.717, 1.165) is 30.4 Å². The molecule has 1 N–H and O–H groups in total. The summed E-state index contributed by atoms with van der Waals surface area (Å²) >= 11 is 3.54. The van der Waals surface area contributed by atoms with Crippen LogP contribution in [-0.2, 0) is 10.8 Å². The number of allylic oxidation sites excluding steroid dienone is 1. The zero-order valence-electron chi connectivity index (χ0n) is 17.2. The molecule has 3 aliphatic rings. The Bertz CT molecular complexity index is 923. The zero-order chi connectivity index (χ0) is 20.1. The number of halogens is 1. The third-order valence-electron chi connectivity index (χ3n) is 8.08. The van der Waals surface area contributed by atoms with Gasteiger partial charge in [0.1, 0.15) is 0 Å². The predicted molar refractivity (Wildman–Crippen MR) is 123 cm³/mol. The summed E-state index contributed by atoms with van der Waals surface area (Å²) in [5, 5.41) is 10.3. The molecule has 2 aromatic carbocycles. The lowest BCUT2D eigenvalue weighted by atomic mass is 9.67. The highest BCUT2D eigenvalue weighted by molar-refractivity contribution is 9.10. The maximum Gasteiger partial charge on any atom is 0.0528 e. The molecule has 29 heavy (non-hydrogen) atoms. The van der Waals surface area contributed by atoms with E-state index in [0.29, 0.717) is 12.0 Å². The molecule has 0 amide bonds. The van der Waals surface area contributed by atoms with Crippen molar-refractivity contribution in [1.82, 2.24) is 4.90 Å². The summed E-state index contributed by atoms with van der Waals surface area (Å²) in [5.74, 6) is 0.605. The number of hydrogen-bond donors (Lipinski definition) is 1. The first kappa shape index (κ1) is 19.5. The molecular formula is C26H30BrNO. The number of aliphatic hydroxyl groups is 1. The Morgan fingerprint density at radius 3 is 2.66 bits per heavy atom. The molecule has 4 atom stereocenters. The highest BCUT2D eigenvalue weighted by Crippen LogP contribution is 2.49. The van der Waals surface area contributed by atoms with E-state index < -0.39 is 0 Å². The van der Waals surface area contributed by atoms with Crippen LogP contribution in [0.25, 0.3) is 6.08 Å². The Balaban J connectivity index is 1.33. The topological polar surface area (TPSA) is 23.5 Å². The molecular weight excluding hydrogens is 422 g/mol. The second kappa shape index (κ2) is 7.37. The predicted octanol–water partition coefficient (Wildman–Crippen LogP) is 5.54. The van der Waals surface area contributed by atoms with E-state index in [9.17, 15) is 5.11 Å². The zero-order valence-corrected chi connectivity index (χ0v) is 18.7. The van der Waals surface area contributed by atoms with Crippen molar-refractivity contribution in [1.29, 1.82) is 0 Å². The molecule has 1 spiro atoms. The minimum absolute atomic E-state index is 0.0798. The highest BCUT2D eigenvalue weighted by atomic mass is 79.9.